The number of nitrogens with zero attached hydrogens (tertiary/aromatic N) is 1. The molecule has 0 saturated heterocycles. The van der Waals surface area contributed by atoms with E-state index in [9.17, 15) is 0 Å². The summed E-state index contributed by atoms with van der Waals surface area (Å²) in [5.74, 6) is 1.09. The van der Waals surface area contributed by atoms with Crippen LogP contribution >= 0.6 is 0 Å². The van der Waals surface area contributed by atoms with Gasteiger partial charge in [-0.1, -0.05) is 13.8 Å². The highest BCUT2D eigenvalue weighted by Gasteiger charge is 2.29. The molecule has 19 heavy (non-hydrogen) atoms. The Bertz CT molecular complexity index is 372. The molecular weight excluding hydrogens is 240 g/mol. The second kappa shape index (κ2) is 7.08. The first-order valence-electron chi connectivity index (χ1n) is 7.22. The van der Waals surface area contributed by atoms with Crippen LogP contribution in [0.15, 0.2) is 16.7 Å². The summed E-state index contributed by atoms with van der Waals surface area (Å²) in [7, 11) is 1.76. The van der Waals surface area contributed by atoms with Crippen LogP contribution in [-0.4, -0.2) is 37.2 Å². The fourth-order valence-corrected chi connectivity index (χ4v) is 2.20. The van der Waals surface area contributed by atoms with Crippen LogP contribution in [0.25, 0.3) is 0 Å². The van der Waals surface area contributed by atoms with E-state index in [0.717, 1.165) is 38.0 Å². The van der Waals surface area contributed by atoms with E-state index < -0.39 is 0 Å². The number of methoxy groups -OCH3 is 1. The summed E-state index contributed by atoms with van der Waals surface area (Å²) in [6, 6.07) is 3.30. The zero-order valence-corrected chi connectivity index (χ0v) is 12.3. The molecule has 4 nitrogen and oxygen atoms in total. The van der Waals surface area contributed by atoms with Gasteiger partial charge in [0.1, 0.15) is 5.76 Å². The average molecular weight is 266 g/mol. The Morgan fingerprint density at radius 1 is 1.47 bits per heavy atom. The molecule has 1 heterocycles. The number of hydrogen-bond donors (Lipinski definition) is 1. The first-order valence-corrected chi connectivity index (χ1v) is 7.22. The van der Waals surface area contributed by atoms with Crippen molar-refractivity contribution in [3.63, 3.8) is 0 Å². The SMILES string of the molecule is COCCN(Cc1occc1CNC(C)C)C1CC1. The maximum absolute atomic E-state index is 5.66. The van der Waals surface area contributed by atoms with Gasteiger partial charge in [0, 0.05) is 37.8 Å². The van der Waals surface area contributed by atoms with Gasteiger partial charge in [-0.25, -0.2) is 0 Å². The number of hydrogen-bond acceptors (Lipinski definition) is 4. The van der Waals surface area contributed by atoms with E-state index in [1.54, 1.807) is 13.4 Å². The number of furan rings is 1. The van der Waals surface area contributed by atoms with Crippen molar-refractivity contribution in [2.24, 2.45) is 0 Å². The predicted molar refractivity (Wildman–Crippen MR) is 76.0 cm³/mol. The van der Waals surface area contributed by atoms with Crippen molar-refractivity contribution in [2.75, 3.05) is 20.3 Å². The average Bonchev–Trinajstić information content (AvgIpc) is 3.13. The van der Waals surface area contributed by atoms with Crippen molar-refractivity contribution >= 4 is 0 Å². The van der Waals surface area contributed by atoms with Gasteiger partial charge in [-0.2, -0.15) is 0 Å². The highest BCUT2D eigenvalue weighted by atomic mass is 16.5. The van der Waals surface area contributed by atoms with Crippen LogP contribution in [0, 0.1) is 0 Å². The smallest absolute Gasteiger partial charge is 0.122 e. The van der Waals surface area contributed by atoms with E-state index in [4.69, 9.17) is 9.15 Å². The minimum Gasteiger partial charge on any atom is -0.468 e. The summed E-state index contributed by atoms with van der Waals surface area (Å²) in [4.78, 5) is 2.47. The van der Waals surface area contributed by atoms with Crippen molar-refractivity contribution in [3.05, 3.63) is 23.7 Å². The second-order valence-corrected chi connectivity index (χ2v) is 5.60. The summed E-state index contributed by atoms with van der Waals surface area (Å²) < 4.78 is 10.9. The van der Waals surface area contributed by atoms with Gasteiger partial charge in [-0.05, 0) is 18.9 Å². The molecule has 108 valence electrons. The fraction of sp³-hybridized carbons (Fsp3) is 0.733. The summed E-state index contributed by atoms with van der Waals surface area (Å²) in [6.45, 7) is 7.88. The quantitative estimate of drug-likeness (QED) is 0.745. The predicted octanol–water partition coefficient (Wildman–Crippen LogP) is 2.39. The Kier molecular flexibility index (Phi) is 5.43. The van der Waals surface area contributed by atoms with Gasteiger partial charge in [0.05, 0.1) is 19.4 Å². The minimum atomic E-state index is 0.496. The normalized spacial score (nSPS) is 15.6. The Hall–Kier alpha value is -0.840. The van der Waals surface area contributed by atoms with Gasteiger partial charge < -0.3 is 14.5 Å². The molecule has 1 N–H and O–H groups in total. The molecule has 0 atom stereocenters. The summed E-state index contributed by atoms with van der Waals surface area (Å²) in [5, 5.41) is 3.45. The molecule has 0 bridgehead atoms. The van der Waals surface area contributed by atoms with E-state index in [2.05, 4.69) is 30.1 Å². The standard InChI is InChI=1S/C15H26N2O2/c1-12(2)16-10-13-6-8-19-15(13)11-17(7-9-18-3)14-4-5-14/h6,8,12,14,16H,4-5,7,9-11H2,1-3H3. The number of nitrogens with one attached hydrogen (secondary N) is 1. The molecule has 4 heteroatoms. The molecule has 1 fully saturated rings. The van der Waals surface area contributed by atoms with Crippen molar-refractivity contribution in [3.8, 4) is 0 Å². The van der Waals surface area contributed by atoms with Crippen molar-refractivity contribution in [1.82, 2.24) is 10.2 Å². The Morgan fingerprint density at radius 3 is 2.89 bits per heavy atom. The molecule has 0 amide bonds. The van der Waals surface area contributed by atoms with Gasteiger partial charge >= 0.3 is 0 Å². The van der Waals surface area contributed by atoms with Crippen molar-refractivity contribution in [1.29, 1.82) is 0 Å². The van der Waals surface area contributed by atoms with Crippen molar-refractivity contribution in [2.45, 2.75) is 51.9 Å². The highest BCUT2D eigenvalue weighted by molar-refractivity contribution is 5.17. The molecule has 1 saturated carbocycles. The molecule has 2 rings (SSSR count). The lowest BCUT2D eigenvalue weighted by molar-refractivity contribution is 0.134. The van der Waals surface area contributed by atoms with E-state index in [0.29, 0.717) is 6.04 Å². The molecule has 0 aromatic carbocycles. The molecule has 1 aliphatic rings. The molecule has 1 aliphatic carbocycles. The second-order valence-electron chi connectivity index (χ2n) is 5.60. The van der Waals surface area contributed by atoms with Gasteiger partial charge in [-0.15, -0.1) is 0 Å². The number of ether oxygens (including phenoxy) is 1. The lowest BCUT2D eigenvalue weighted by Gasteiger charge is -2.21. The highest BCUT2D eigenvalue weighted by Crippen LogP contribution is 2.28. The monoisotopic (exact) mass is 266 g/mol. The van der Waals surface area contributed by atoms with Gasteiger partial charge in [0.15, 0.2) is 0 Å². The van der Waals surface area contributed by atoms with Crippen molar-refractivity contribution < 1.29 is 9.15 Å². The third kappa shape index (κ3) is 4.64. The van der Waals surface area contributed by atoms with Crippen LogP contribution in [0.2, 0.25) is 0 Å². The van der Waals surface area contributed by atoms with Gasteiger partial charge in [0.25, 0.3) is 0 Å². The van der Waals surface area contributed by atoms with E-state index in [1.807, 2.05) is 0 Å². The summed E-state index contributed by atoms with van der Waals surface area (Å²) in [6.07, 6.45) is 4.42. The van der Waals surface area contributed by atoms with Crippen LogP contribution in [-0.2, 0) is 17.8 Å². The van der Waals surface area contributed by atoms with Gasteiger partial charge in [-0.3, -0.25) is 4.90 Å². The Balaban J connectivity index is 1.90. The molecule has 1 aromatic heterocycles. The lowest BCUT2D eigenvalue weighted by Crippen LogP contribution is -2.30. The Labute approximate surface area is 116 Å². The largest absolute Gasteiger partial charge is 0.468 e. The Morgan fingerprint density at radius 2 is 2.26 bits per heavy atom. The minimum absolute atomic E-state index is 0.496. The van der Waals surface area contributed by atoms with Crippen LogP contribution in [0.5, 0.6) is 0 Å². The lowest BCUT2D eigenvalue weighted by atomic mass is 10.2. The molecule has 1 aromatic rings. The van der Waals surface area contributed by atoms with E-state index in [1.165, 1.54) is 18.4 Å². The molecular formula is C15H26N2O2. The van der Waals surface area contributed by atoms with E-state index in [-0.39, 0.29) is 0 Å². The maximum Gasteiger partial charge on any atom is 0.122 e. The zero-order chi connectivity index (χ0) is 13.7. The van der Waals surface area contributed by atoms with Crippen LogP contribution in [0.1, 0.15) is 38.0 Å². The molecule has 0 aliphatic heterocycles. The summed E-state index contributed by atoms with van der Waals surface area (Å²) >= 11 is 0. The van der Waals surface area contributed by atoms with E-state index >= 15 is 0 Å². The molecule has 0 unspecified atom stereocenters. The fourth-order valence-electron chi connectivity index (χ4n) is 2.20. The van der Waals surface area contributed by atoms with Crippen LogP contribution in [0.3, 0.4) is 0 Å². The number of rotatable bonds is 9. The van der Waals surface area contributed by atoms with Crippen LogP contribution < -0.4 is 5.32 Å². The maximum atomic E-state index is 5.66. The zero-order valence-electron chi connectivity index (χ0n) is 12.3. The van der Waals surface area contributed by atoms with Crippen LogP contribution in [0.4, 0.5) is 0 Å². The molecule has 0 spiro atoms. The summed E-state index contributed by atoms with van der Waals surface area (Å²) in [5.41, 5.74) is 1.27. The first kappa shape index (κ1) is 14.6. The third-order valence-corrected chi connectivity index (χ3v) is 3.53. The topological polar surface area (TPSA) is 37.6 Å². The van der Waals surface area contributed by atoms with Gasteiger partial charge in [0.2, 0.25) is 0 Å². The first-order chi connectivity index (χ1) is 9.20. The molecule has 0 radical (unpaired) electrons. The third-order valence-electron chi connectivity index (χ3n) is 3.53.